The van der Waals surface area contributed by atoms with E-state index in [1.165, 1.54) is 7.11 Å². The van der Waals surface area contributed by atoms with Crippen molar-refractivity contribution in [1.82, 2.24) is 5.43 Å². The van der Waals surface area contributed by atoms with Crippen LogP contribution in [0.4, 0.5) is 0 Å². The van der Waals surface area contributed by atoms with E-state index in [0.29, 0.717) is 22.8 Å². The van der Waals surface area contributed by atoms with Crippen LogP contribution < -0.4 is 14.9 Å². The minimum atomic E-state index is -0.318. The van der Waals surface area contributed by atoms with Gasteiger partial charge in [0.25, 0.3) is 5.91 Å². The van der Waals surface area contributed by atoms with Gasteiger partial charge in [-0.3, -0.25) is 4.79 Å². The van der Waals surface area contributed by atoms with Crippen LogP contribution in [-0.2, 0) is 0 Å². The molecule has 0 unspecified atom stereocenters. The minimum Gasteiger partial charge on any atom is -0.493 e. The maximum Gasteiger partial charge on any atom is 0.271 e. The van der Waals surface area contributed by atoms with Gasteiger partial charge in [-0.2, -0.15) is 5.10 Å². The van der Waals surface area contributed by atoms with Crippen LogP contribution in [0.15, 0.2) is 77.9 Å². The quantitative estimate of drug-likeness (QED) is 0.510. The highest BCUT2D eigenvalue weighted by Crippen LogP contribution is 2.27. The van der Waals surface area contributed by atoms with Gasteiger partial charge in [0.05, 0.1) is 19.9 Å². The largest absolute Gasteiger partial charge is 0.493 e. The molecule has 3 rings (SSSR count). The topological polar surface area (TPSA) is 59.9 Å². The molecule has 142 valence electrons. The van der Waals surface area contributed by atoms with Gasteiger partial charge in [-0.25, -0.2) is 5.43 Å². The smallest absolute Gasteiger partial charge is 0.271 e. The molecule has 0 atom stereocenters. The maximum atomic E-state index is 12.4. The van der Waals surface area contributed by atoms with Gasteiger partial charge >= 0.3 is 0 Å². The van der Waals surface area contributed by atoms with Crippen LogP contribution in [-0.4, -0.2) is 25.8 Å². The molecule has 28 heavy (non-hydrogen) atoms. The van der Waals surface area contributed by atoms with Crippen LogP contribution in [0.2, 0.25) is 0 Å². The zero-order valence-electron chi connectivity index (χ0n) is 16.1. The number of amides is 1. The number of ether oxygens (including phenoxy) is 2. The lowest BCUT2D eigenvalue weighted by Gasteiger charge is -2.09. The van der Waals surface area contributed by atoms with Crippen LogP contribution in [0.25, 0.3) is 11.1 Å². The summed E-state index contributed by atoms with van der Waals surface area (Å²) in [4.78, 5) is 12.4. The molecule has 0 aliphatic heterocycles. The minimum absolute atomic E-state index is 0.318. The van der Waals surface area contributed by atoms with Crippen molar-refractivity contribution in [2.24, 2.45) is 5.10 Å². The zero-order valence-corrected chi connectivity index (χ0v) is 16.1. The first kappa shape index (κ1) is 19.2. The third-order valence-electron chi connectivity index (χ3n) is 4.38. The first-order valence-corrected chi connectivity index (χ1v) is 8.85. The highest BCUT2D eigenvalue weighted by Gasteiger charge is 2.10. The number of carbonyl (C=O) groups is 1. The maximum absolute atomic E-state index is 12.4. The van der Waals surface area contributed by atoms with Crippen LogP contribution in [0.5, 0.6) is 11.5 Å². The van der Waals surface area contributed by atoms with Gasteiger partial charge in [-0.1, -0.05) is 54.6 Å². The molecule has 0 bridgehead atoms. The van der Waals surface area contributed by atoms with E-state index in [4.69, 9.17) is 9.47 Å². The summed E-state index contributed by atoms with van der Waals surface area (Å²) < 4.78 is 10.4. The van der Waals surface area contributed by atoms with Crippen molar-refractivity contribution < 1.29 is 14.3 Å². The van der Waals surface area contributed by atoms with Gasteiger partial charge in [-0.15, -0.1) is 0 Å². The Morgan fingerprint density at radius 3 is 2.04 bits per heavy atom. The molecule has 0 spiro atoms. The Labute approximate surface area is 164 Å². The van der Waals surface area contributed by atoms with Gasteiger partial charge in [-0.05, 0) is 41.8 Å². The number of hydrogen-bond acceptors (Lipinski definition) is 4. The van der Waals surface area contributed by atoms with Gasteiger partial charge in [0.1, 0.15) is 0 Å². The van der Waals surface area contributed by atoms with Crippen LogP contribution >= 0.6 is 0 Å². The predicted octanol–water partition coefficient (Wildman–Crippen LogP) is 4.52. The Kier molecular flexibility index (Phi) is 6.07. The van der Waals surface area contributed by atoms with Crippen molar-refractivity contribution in [1.29, 1.82) is 0 Å². The number of carbonyl (C=O) groups excluding carboxylic acids is 1. The highest BCUT2D eigenvalue weighted by atomic mass is 16.5. The summed E-state index contributed by atoms with van der Waals surface area (Å²) in [5.74, 6) is 0.741. The van der Waals surface area contributed by atoms with Crippen molar-refractivity contribution >= 4 is 11.6 Å². The molecular weight excluding hydrogens is 352 g/mol. The SMILES string of the molecule is COc1ccc(C(=O)NN=C(C)c2ccc(-c3ccccc3)cc2)cc1OC. The second-order valence-corrected chi connectivity index (χ2v) is 6.15. The molecule has 5 nitrogen and oxygen atoms in total. The molecule has 3 aromatic carbocycles. The average Bonchev–Trinajstić information content (AvgIpc) is 2.77. The fourth-order valence-corrected chi connectivity index (χ4v) is 2.78. The predicted molar refractivity (Wildman–Crippen MR) is 111 cm³/mol. The van der Waals surface area contributed by atoms with E-state index in [0.717, 1.165) is 16.7 Å². The lowest BCUT2D eigenvalue weighted by atomic mass is 10.0. The summed E-state index contributed by atoms with van der Waals surface area (Å²) in [5, 5.41) is 4.22. The summed E-state index contributed by atoms with van der Waals surface area (Å²) >= 11 is 0. The Bertz CT molecular complexity index is 980. The monoisotopic (exact) mass is 374 g/mol. The molecule has 0 aliphatic carbocycles. The Hall–Kier alpha value is -3.60. The summed E-state index contributed by atoms with van der Waals surface area (Å²) in [6.45, 7) is 1.85. The van der Waals surface area contributed by atoms with Crippen molar-refractivity contribution in [2.45, 2.75) is 6.92 Å². The number of benzene rings is 3. The van der Waals surface area contributed by atoms with E-state index in [2.05, 4.69) is 22.7 Å². The number of methoxy groups -OCH3 is 2. The van der Waals surface area contributed by atoms with E-state index in [-0.39, 0.29) is 5.91 Å². The van der Waals surface area contributed by atoms with Crippen molar-refractivity contribution in [3.05, 3.63) is 83.9 Å². The second-order valence-electron chi connectivity index (χ2n) is 6.15. The van der Waals surface area contributed by atoms with Gasteiger partial charge < -0.3 is 9.47 Å². The zero-order chi connectivity index (χ0) is 19.9. The lowest BCUT2D eigenvalue weighted by Crippen LogP contribution is -2.19. The molecule has 0 radical (unpaired) electrons. The molecule has 1 N–H and O–H groups in total. The van der Waals surface area contributed by atoms with Gasteiger partial charge in [0, 0.05) is 5.56 Å². The Balaban J connectivity index is 1.71. The van der Waals surface area contributed by atoms with Gasteiger partial charge in [0.2, 0.25) is 0 Å². The summed E-state index contributed by atoms with van der Waals surface area (Å²) in [7, 11) is 3.08. The van der Waals surface area contributed by atoms with E-state index in [9.17, 15) is 4.79 Å². The van der Waals surface area contributed by atoms with Crippen molar-refractivity contribution in [2.75, 3.05) is 14.2 Å². The fourth-order valence-electron chi connectivity index (χ4n) is 2.78. The number of nitrogens with zero attached hydrogens (tertiary/aromatic N) is 1. The normalized spacial score (nSPS) is 11.0. The molecule has 0 aliphatic rings. The first-order chi connectivity index (χ1) is 13.6. The number of rotatable bonds is 6. The van der Waals surface area contributed by atoms with E-state index >= 15 is 0 Å². The molecule has 0 saturated carbocycles. The van der Waals surface area contributed by atoms with Gasteiger partial charge in [0.15, 0.2) is 11.5 Å². The first-order valence-electron chi connectivity index (χ1n) is 8.85. The van der Waals surface area contributed by atoms with Crippen LogP contribution in [0.1, 0.15) is 22.8 Å². The second kappa shape index (κ2) is 8.86. The number of hydrogen-bond donors (Lipinski definition) is 1. The Morgan fingerprint density at radius 1 is 0.786 bits per heavy atom. The lowest BCUT2D eigenvalue weighted by molar-refractivity contribution is 0.0954. The summed E-state index contributed by atoms with van der Waals surface area (Å²) in [6.07, 6.45) is 0. The standard InChI is InChI=1S/C23H22N2O3/c1-16(17-9-11-19(12-10-17)18-7-5-4-6-8-18)24-25-23(26)20-13-14-21(27-2)22(15-20)28-3/h4-15H,1-3H3,(H,25,26). The summed E-state index contributed by atoms with van der Waals surface area (Å²) in [6, 6.07) is 23.2. The molecule has 5 heteroatoms. The highest BCUT2D eigenvalue weighted by molar-refractivity contribution is 6.01. The third kappa shape index (κ3) is 4.38. The van der Waals surface area contributed by atoms with E-state index < -0.39 is 0 Å². The molecule has 3 aromatic rings. The number of hydrazone groups is 1. The fraction of sp³-hybridized carbons (Fsp3) is 0.130. The van der Waals surface area contributed by atoms with Crippen LogP contribution in [0.3, 0.4) is 0 Å². The third-order valence-corrected chi connectivity index (χ3v) is 4.38. The average molecular weight is 374 g/mol. The molecule has 1 amide bonds. The molecule has 0 fully saturated rings. The van der Waals surface area contributed by atoms with E-state index in [1.807, 2.05) is 49.4 Å². The Morgan fingerprint density at radius 2 is 1.39 bits per heavy atom. The molecule has 0 aromatic heterocycles. The van der Waals surface area contributed by atoms with Crippen LogP contribution in [0, 0.1) is 0 Å². The molecule has 0 saturated heterocycles. The molecular formula is C23H22N2O3. The van der Waals surface area contributed by atoms with Crippen molar-refractivity contribution in [3.63, 3.8) is 0 Å². The number of nitrogens with one attached hydrogen (secondary N) is 1. The summed E-state index contributed by atoms with van der Waals surface area (Å²) in [5.41, 5.74) is 6.97. The van der Waals surface area contributed by atoms with E-state index in [1.54, 1.807) is 25.3 Å². The molecule has 0 heterocycles. The van der Waals surface area contributed by atoms with Crippen molar-refractivity contribution in [3.8, 4) is 22.6 Å².